The molecule has 1 aliphatic rings. The van der Waals surface area contributed by atoms with Crippen LogP contribution in [-0.2, 0) is 0 Å². The number of rotatable bonds is 6. The minimum atomic E-state index is 0.787. The van der Waals surface area contributed by atoms with Crippen LogP contribution in [0.2, 0.25) is 0 Å². The third-order valence-corrected chi connectivity index (χ3v) is 3.79. The molecule has 0 spiro atoms. The summed E-state index contributed by atoms with van der Waals surface area (Å²) in [6.45, 7) is 11.8. The molecule has 0 aliphatic heterocycles. The second-order valence-electron chi connectivity index (χ2n) is 6.52. The molecule has 0 radical (unpaired) electrons. The predicted molar refractivity (Wildman–Crippen MR) is 72.6 cm³/mol. The van der Waals surface area contributed by atoms with Gasteiger partial charge in [0.2, 0.25) is 0 Å². The normalized spacial score (nSPS) is 30.9. The molecule has 96 valence electrons. The van der Waals surface area contributed by atoms with Gasteiger partial charge in [0.15, 0.2) is 0 Å². The van der Waals surface area contributed by atoms with Gasteiger partial charge >= 0.3 is 0 Å². The summed E-state index contributed by atoms with van der Waals surface area (Å²) in [7, 11) is 0. The molecule has 0 aromatic rings. The van der Waals surface area contributed by atoms with Gasteiger partial charge in [0, 0.05) is 0 Å². The zero-order valence-electron chi connectivity index (χ0n) is 11.8. The average molecular weight is 225 g/mol. The van der Waals surface area contributed by atoms with E-state index in [4.69, 9.17) is 0 Å². The van der Waals surface area contributed by atoms with Crippen molar-refractivity contribution in [1.82, 2.24) is 5.32 Å². The van der Waals surface area contributed by atoms with Crippen LogP contribution in [0, 0.1) is 23.7 Å². The Kier molecular flexibility index (Phi) is 6.41. The highest BCUT2D eigenvalue weighted by Gasteiger charge is 2.23. The lowest BCUT2D eigenvalue weighted by Crippen LogP contribution is -2.23. The Labute approximate surface area is 102 Å². The Morgan fingerprint density at radius 3 is 2.25 bits per heavy atom. The third-order valence-electron chi connectivity index (χ3n) is 3.79. The van der Waals surface area contributed by atoms with Gasteiger partial charge in [-0.2, -0.15) is 0 Å². The van der Waals surface area contributed by atoms with Crippen LogP contribution in [0.1, 0.15) is 59.8 Å². The molecule has 1 nitrogen and oxygen atoms in total. The van der Waals surface area contributed by atoms with Crippen LogP contribution < -0.4 is 5.32 Å². The van der Waals surface area contributed by atoms with Gasteiger partial charge in [0.25, 0.3) is 0 Å². The molecule has 0 aromatic carbocycles. The fraction of sp³-hybridized carbons (Fsp3) is 1.00. The van der Waals surface area contributed by atoms with Gasteiger partial charge in [-0.05, 0) is 68.9 Å². The van der Waals surface area contributed by atoms with Crippen molar-refractivity contribution in [2.45, 2.75) is 59.8 Å². The summed E-state index contributed by atoms with van der Waals surface area (Å²) in [5.41, 5.74) is 0. The van der Waals surface area contributed by atoms with Gasteiger partial charge in [-0.1, -0.05) is 27.7 Å². The summed E-state index contributed by atoms with van der Waals surface area (Å²) < 4.78 is 0. The number of hydrogen-bond acceptors (Lipinski definition) is 1. The lowest BCUT2D eigenvalue weighted by Gasteiger charge is -2.31. The molecule has 1 fully saturated rings. The quantitative estimate of drug-likeness (QED) is 0.672. The maximum atomic E-state index is 3.55. The smallest absolute Gasteiger partial charge is 0.00258 e. The van der Waals surface area contributed by atoms with Gasteiger partial charge in [0.05, 0.1) is 0 Å². The zero-order valence-corrected chi connectivity index (χ0v) is 11.8. The first-order valence-corrected chi connectivity index (χ1v) is 7.28. The molecule has 0 bridgehead atoms. The molecule has 2 unspecified atom stereocenters. The summed E-state index contributed by atoms with van der Waals surface area (Å²) in [6.07, 6.45) is 7.24. The minimum absolute atomic E-state index is 0.787. The minimum Gasteiger partial charge on any atom is -0.316 e. The number of hydrogen-bond donors (Lipinski definition) is 1. The molecule has 0 heterocycles. The Balaban J connectivity index is 2.04. The van der Waals surface area contributed by atoms with Crippen molar-refractivity contribution in [2.24, 2.45) is 23.7 Å². The average Bonchev–Trinajstić information content (AvgIpc) is 2.15. The molecular formula is C15H31N. The van der Waals surface area contributed by atoms with Crippen molar-refractivity contribution in [3.05, 3.63) is 0 Å². The highest BCUT2D eigenvalue weighted by molar-refractivity contribution is 4.75. The van der Waals surface area contributed by atoms with Gasteiger partial charge in [0.1, 0.15) is 0 Å². The first-order valence-electron chi connectivity index (χ1n) is 7.28. The fourth-order valence-electron chi connectivity index (χ4n) is 3.26. The van der Waals surface area contributed by atoms with Crippen LogP contribution in [0.3, 0.4) is 0 Å². The second-order valence-corrected chi connectivity index (χ2v) is 6.52. The fourth-order valence-corrected chi connectivity index (χ4v) is 3.26. The summed E-state index contributed by atoms with van der Waals surface area (Å²) >= 11 is 0. The molecule has 1 saturated carbocycles. The van der Waals surface area contributed by atoms with E-state index in [1.807, 2.05) is 0 Å². The molecule has 16 heavy (non-hydrogen) atoms. The summed E-state index contributed by atoms with van der Waals surface area (Å²) in [5, 5.41) is 3.55. The Bertz CT molecular complexity index is 166. The predicted octanol–water partition coefficient (Wildman–Crippen LogP) is 4.08. The van der Waals surface area contributed by atoms with Gasteiger partial charge < -0.3 is 5.32 Å². The lowest BCUT2D eigenvalue weighted by atomic mass is 9.75. The monoisotopic (exact) mass is 225 g/mol. The Morgan fingerprint density at radius 1 is 1.06 bits per heavy atom. The Morgan fingerprint density at radius 2 is 1.69 bits per heavy atom. The van der Waals surface area contributed by atoms with Crippen LogP contribution in [0.4, 0.5) is 0 Å². The van der Waals surface area contributed by atoms with E-state index in [1.54, 1.807) is 0 Å². The highest BCUT2D eigenvalue weighted by Crippen LogP contribution is 2.34. The summed E-state index contributed by atoms with van der Waals surface area (Å²) in [5.74, 6) is 3.74. The van der Waals surface area contributed by atoms with E-state index < -0.39 is 0 Å². The van der Waals surface area contributed by atoms with E-state index in [9.17, 15) is 0 Å². The van der Waals surface area contributed by atoms with E-state index in [2.05, 4.69) is 33.0 Å². The van der Waals surface area contributed by atoms with Crippen molar-refractivity contribution in [2.75, 3.05) is 13.1 Å². The van der Waals surface area contributed by atoms with Crippen LogP contribution >= 0.6 is 0 Å². The molecule has 0 saturated heterocycles. The first-order chi connectivity index (χ1) is 7.58. The van der Waals surface area contributed by atoms with Crippen molar-refractivity contribution in [3.8, 4) is 0 Å². The van der Waals surface area contributed by atoms with Crippen molar-refractivity contribution in [3.63, 3.8) is 0 Å². The molecular weight excluding hydrogens is 194 g/mol. The van der Waals surface area contributed by atoms with Gasteiger partial charge in [-0.25, -0.2) is 0 Å². The maximum Gasteiger partial charge on any atom is -0.00258 e. The van der Waals surface area contributed by atoms with Gasteiger partial charge in [-0.15, -0.1) is 0 Å². The molecule has 0 amide bonds. The highest BCUT2D eigenvalue weighted by atomic mass is 14.8. The van der Waals surface area contributed by atoms with Crippen molar-refractivity contribution >= 4 is 0 Å². The lowest BCUT2D eigenvalue weighted by molar-refractivity contribution is 0.207. The third kappa shape index (κ3) is 5.89. The SMILES string of the molecule is CC(C)CNCCCC1CC(C)CC(C)C1. The summed E-state index contributed by atoms with van der Waals surface area (Å²) in [6, 6.07) is 0. The maximum absolute atomic E-state index is 3.55. The molecule has 0 aromatic heterocycles. The second kappa shape index (κ2) is 7.32. The number of nitrogens with one attached hydrogen (secondary N) is 1. The van der Waals surface area contributed by atoms with E-state index in [-0.39, 0.29) is 0 Å². The largest absolute Gasteiger partial charge is 0.316 e. The molecule has 1 N–H and O–H groups in total. The molecule has 1 rings (SSSR count). The van der Waals surface area contributed by atoms with Crippen LogP contribution in [-0.4, -0.2) is 13.1 Å². The van der Waals surface area contributed by atoms with E-state index in [0.717, 1.165) is 23.7 Å². The molecule has 1 heteroatoms. The van der Waals surface area contributed by atoms with E-state index in [0.29, 0.717) is 0 Å². The van der Waals surface area contributed by atoms with Gasteiger partial charge in [-0.3, -0.25) is 0 Å². The first kappa shape index (κ1) is 14.0. The zero-order chi connectivity index (χ0) is 12.0. The summed E-state index contributed by atoms with van der Waals surface area (Å²) in [4.78, 5) is 0. The van der Waals surface area contributed by atoms with Crippen molar-refractivity contribution < 1.29 is 0 Å². The van der Waals surface area contributed by atoms with Crippen LogP contribution in [0.25, 0.3) is 0 Å². The van der Waals surface area contributed by atoms with E-state index >= 15 is 0 Å². The van der Waals surface area contributed by atoms with Crippen LogP contribution in [0.5, 0.6) is 0 Å². The van der Waals surface area contributed by atoms with Crippen LogP contribution in [0.15, 0.2) is 0 Å². The molecule has 1 aliphatic carbocycles. The Hall–Kier alpha value is -0.0400. The van der Waals surface area contributed by atoms with Crippen molar-refractivity contribution in [1.29, 1.82) is 0 Å². The standard InChI is InChI=1S/C15H31N/c1-12(2)11-16-7-5-6-15-9-13(3)8-14(4)10-15/h12-16H,5-11H2,1-4H3. The molecule has 2 atom stereocenters. The topological polar surface area (TPSA) is 12.0 Å². The van der Waals surface area contributed by atoms with E-state index in [1.165, 1.54) is 45.2 Å².